The molecule has 0 spiro atoms. The lowest BCUT2D eigenvalue weighted by Crippen LogP contribution is -2.13. The Morgan fingerprint density at radius 2 is 1.75 bits per heavy atom. The monoisotopic (exact) mass is 363 g/mol. The van der Waals surface area contributed by atoms with E-state index in [1.807, 2.05) is 12.1 Å². The van der Waals surface area contributed by atoms with Crippen molar-refractivity contribution in [2.24, 2.45) is 0 Å². The first-order chi connectivity index (χ1) is 11.5. The predicted molar refractivity (Wildman–Crippen MR) is 92.8 cm³/mol. The molecule has 0 aliphatic rings. The minimum absolute atomic E-state index is 0.124. The van der Waals surface area contributed by atoms with Crippen molar-refractivity contribution in [1.82, 2.24) is 10.2 Å². The number of rotatable bonds is 5. The Labute approximate surface area is 144 Å². The number of nitrogens with zero attached hydrogens (tertiary/aromatic N) is 1. The number of H-pyrrole nitrogens is 1. The van der Waals surface area contributed by atoms with E-state index in [4.69, 9.17) is 16.3 Å². The molecule has 3 rings (SSSR count). The SMILES string of the molecule is COc1ccc(S(=O)(=O)Nc2cc(-c3ccc(Cl)cc3)[nH]n2)cc1. The Morgan fingerprint density at radius 3 is 2.38 bits per heavy atom. The van der Waals surface area contributed by atoms with Gasteiger partial charge in [-0.25, -0.2) is 8.42 Å². The van der Waals surface area contributed by atoms with Gasteiger partial charge in [0.2, 0.25) is 0 Å². The van der Waals surface area contributed by atoms with E-state index in [1.165, 1.54) is 19.2 Å². The molecule has 0 unspecified atom stereocenters. The number of nitrogens with one attached hydrogen (secondary N) is 2. The van der Waals surface area contributed by atoms with Crippen LogP contribution in [0.5, 0.6) is 5.75 Å². The molecular formula is C16H14ClN3O3S. The summed E-state index contributed by atoms with van der Waals surface area (Å²) in [6.45, 7) is 0. The lowest BCUT2D eigenvalue weighted by atomic mass is 10.1. The molecule has 8 heteroatoms. The van der Waals surface area contributed by atoms with Crippen LogP contribution in [0.3, 0.4) is 0 Å². The second-order valence-electron chi connectivity index (χ2n) is 4.95. The number of anilines is 1. The van der Waals surface area contributed by atoms with Gasteiger partial charge in [-0.05, 0) is 42.0 Å². The predicted octanol–water partition coefficient (Wildman–Crippen LogP) is 3.54. The first kappa shape index (κ1) is 16.4. The highest BCUT2D eigenvalue weighted by molar-refractivity contribution is 7.92. The molecule has 1 aromatic heterocycles. The van der Waals surface area contributed by atoms with Crippen LogP contribution in [0.1, 0.15) is 0 Å². The van der Waals surface area contributed by atoms with E-state index in [1.54, 1.807) is 30.3 Å². The Bertz CT molecular complexity index is 935. The Hall–Kier alpha value is -2.51. The zero-order chi connectivity index (χ0) is 17.2. The fourth-order valence-electron chi connectivity index (χ4n) is 2.10. The molecule has 0 atom stereocenters. The van der Waals surface area contributed by atoms with Crippen molar-refractivity contribution >= 4 is 27.4 Å². The minimum atomic E-state index is -3.72. The van der Waals surface area contributed by atoms with Gasteiger partial charge >= 0.3 is 0 Å². The van der Waals surface area contributed by atoms with Gasteiger partial charge in [0.25, 0.3) is 10.0 Å². The van der Waals surface area contributed by atoms with E-state index >= 15 is 0 Å². The fraction of sp³-hybridized carbons (Fsp3) is 0.0625. The second kappa shape index (κ2) is 6.54. The Morgan fingerprint density at radius 1 is 1.08 bits per heavy atom. The number of halogens is 1. The van der Waals surface area contributed by atoms with Crippen LogP contribution >= 0.6 is 11.6 Å². The van der Waals surface area contributed by atoms with Crippen molar-refractivity contribution in [2.45, 2.75) is 4.90 Å². The van der Waals surface area contributed by atoms with Crippen molar-refractivity contribution in [3.05, 3.63) is 59.6 Å². The molecule has 0 saturated heterocycles. The van der Waals surface area contributed by atoms with Crippen LogP contribution in [0, 0.1) is 0 Å². The van der Waals surface area contributed by atoms with Crippen molar-refractivity contribution in [3.63, 3.8) is 0 Å². The summed E-state index contributed by atoms with van der Waals surface area (Å²) >= 11 is 5.85. The zero-order valence-electron chi connectivity index (χ0n) is 12.7. The zero-order valence-corrected chi connectivity index (χ0v) is 14.2. The van der Waals surface area contributed by atoms with Crippen LogP contribution in [-0.4, -0.2) is 25.7 Å². The number of hydrogen-bond donors (Lipinski definition) is 2. The first-order valence-corrected chi connectivity index (χ1v) is 8.82. The van der Waals surface area contributed by atoms with Crippen molar-refractivity contribution in [1.29, 1.82) is 0 Å². The van der Waals surface area contributed by atoms with E-state index in [-0.39, 0.29) is 10.7 Å². The molecule has 0 saturated carbocycles. The molecule has 0 radical (unpaired) electrons. The molecule has 2 aromatic carbocycles. The third-order valence-corrected chi connectivity index (χ3v) is 4.96. The van der Waals surface area contributed by atoms with Crippen molar-refractivity contribution < 1.29 is 13.2 Å². The molecule has 0 amide bonds. The summed E-state index contributed by atoms with van der Waals surface area (Å²) in [4.78, 5) is 0.124. The number of ether oxygens (including phenoxy) is 1. The van der Waals surface area contributed by atoms with Gasteiger partial charge in [-0.1, -0.05) is 23.7 Å². The van der Waals surface area contributed by atoms with Crippen LogP contribution in [-0.2, 0) is 10.0 Å². The van der Waals surface area contributed by atoms with Crippen LogP contribution in [0.15, 0.2) is 59.5 Å². The van der Waals surface area contributed by atoms with E-state index in [0.29, 0.717) is 16.5 Å². The van der Waals surface area contributed by atoms with Gasteiger partial charge in [0.05, 0.1) is 17.7 Å². The number of benzene rings is 2. The highest BCUT2D eigenvalue weighted by Gasteiger charge is 2.16. The maximum absolute atomic E-state index is 12.4. The number of aromatic amines is 1. The summed E-state index contributed by atoms with van der Waals surface area (Å²) in [5, 5.41) is 7.40. The third kappa shape index (κ3) is 3.52. The molecule has 0 fully saturated rings. The van der Waals surface area contributed by atoms with Crippen LogP contribution < -0.4 is 9.46 Å². The van der Waals surface area contributed by atoms with E-state index in [9.17, 15) is 8.42 Å². The Kier molecular flexibility index (Phi) is 4.46. The summed E-state index contributed by atoms with van der Waals surface area (Å²) in [5.74, 6) is 0.787. The first-order valence-electron chi connectivity index (χ1n) is 6.96. The minimum Gasteiger partial charge on any atom is -0.497 e. The van der Waals surface area contributed by atoms with Crippen molar-refractivity contribution in [2.75, 3.05) is 11.8 Å². The van der Waals surface area contributed by atoms with Crippen molar-refractivity contribution in [3.8, 4) is 17.0 Å². The van der Waals surface area contributed by atoms with Gasteiger partial charge in [0.1, 0.15) is 5.75 Å². The second-order valence-corrected chi connectivity index (χ2v) is 7.07. The van der Waals surface area contributed by atoms with Gasteiger partial charge in [-0.3, -0.25) is 9.82 Å². The average Bonchev–Trinajstić information content (AvgIpc) is 3.03. The smallest absolute Gasteiger partial charge is 0.263 e. The Balaban J connectivity index is 1.81. The summed E-state index contributed by atoms with van der Waals surface area (Å²) in [5.41, 5.74) is 1.53. The summed E-state index contributed by atoms with van der Waals surface area (Å²) in [6, 6.07) is 14.8. The van der Waals surface area contributed by atoms with Crippen LogP contribution in [0.4, 0.5) is 5.82 Å². The van der Waals surface area contributed by atoms with E-state index in [2.05, 4.69) is 14.9 Å². The summed E-state index contributed by atoms with van der Waals surface area (Å²) in [7, 11) is -2.21. The number of sulfonamides is 1. The molecule has 0 aliphatic carbocycles. The standard InChI is InChI=1S/C16H14ClN3O3S/c1-23-13-6-8-14(9-7-13)24(21,22)20-16-10-15(18-19-16)11-2-4-12(17)5-3-11/h2-10H,1H3,(H2,18,19,20). The number of hydrogen-bond acceptors (Lipinski definition) is 4. The highest BCUT2D eigenvalue weighted by Crippen LogP contribution is 2.23. The van der Waals surface area contributed by atoms with E-state index < -0.39 is 10.0 Å². The number of methoxy groups -OCH3 is 1. The van der Waals surface area contributed by atoms with Crippen LogP contribution in [0.25, 0.3) is 11.3 Å². The molecule has 0 aliphatic heterocycles. The largest absolute Gasteiger partial charge is 0.497 e. The average molecular weight is 364 g/mol. The lowest BCUT2D eigenvalue weighted by molar-refractivity contribution is 0.414. The third-order valence-electron chi connectivity index (χ3n) is 3.34. The van der Waals surface area contributed by atoms with Gasteiger partial charge in [-0.2, -0.15) is 5.10 Å². The van der Waals surface area contributed by atoms with Gasteiger partial charge in [-0.15, -0.1) is 0 Å². The lowest BCUT2D eigenvalue weighted by Gasteiger charge is -2.06. The molecule has 0 bridgehead atoms. The molecule has 6 nitrogen and oxygen atoms in total. The molecule has 1 heterocycles. The summed E-state index contributed by atoms with van der Waals surface area (Å²) in [6.07, 6.45) is 0. The topological polar surface area (TPSA) is 84.1 Å². The fourth-order valence-corrected chi connectivity index (χ4v) is 3.22. The van der Waals surface area contributed by atoms with Gasteiger partial charge in [0.15, 0.2) is 5.82 Å². The molecular weight excluding hydrogens is 350 g/mol. The normalized spacial score (nSPS) is 11.2. The quantitative estimate of drug-likeness (QED) is 0.726. The molecule has 124 valence electrons. The summed E-state index contributed by atoms with van der Waals surface area (Å²) < 4.78 is 32.2. The van der Waals surface area contributed by atoms with E-state index in [0.717, 1.165) is 5.56 Å². The molecule has 2 N–H and O–H groups in total. The van der Waals surface area contributed by atoms with Gasteiger partial charge in [0, 0.05) is 11.1 Å². The van der Waals surface area contributed by atoms with Crippen LogP contribution in [0.2, 0.25) is 5.02 Å². The highest BCUT2D eigenvalue weighted by atomic mass is 35.5. The number of aromatic nitrogens is 2. The maximum Gasteiger partial charge on any atom is 0.263 e. The van der Waals surface area contributed by atoms with Gasteiger partial charge < -0.3 is 4.74 Å². The maximum atomic E-state index is 12.4. The molecule has 24 heavy (non-hydrogen) atoms. The molecule has 3 aromatic rings.